The van der Waals surface area contributed by atoms with Gasteiger partial charge in [-0.05, 0) is 17.9 Å². The second-order valence-electron chi connectivity index (χ2n) is 5.42. The number of carbonyl (C=O) groups excluding carboxylic acids is 1. The van der Waals surface area contributed by atoms with Crippen molar-refractivity contribution in [2.45, 2.75) is 39.7 Å². The lowest BCUT2D eigenvalue weighted by molar-refractivity contribution is -0.121. The zero-order valence-electron chi connectivity index (χ0n) is 11.0. The largest absolute Gasteiger partial charge is 0.391 e. The van der Waals surface area contributed by atoms with Crippen LogP contribution in [0.4, 0.5) is 0 Å². The molecule has 1 heterocycles. The summed E-state index contributed by atoms with van der Waals surface area (Å²) < 4.78 is 0. The van der Waals surface area contributed by atoms with Crippen LogP contribution in [0.5, 0.6) is 0 Å². The number of hydrogen-bond donors (Lipinski definition) is 2. The van der Waals surface area contributed by atoms with E-state index in [2.05, 4.69) is 5.32 Å². The lowest BCUT2D eigenvalue weighted by atomic mass is 9.89. The molecule has 0 saturated carbocycles. The summed E-state index contributed by atoms with van der Waals surface area (Å²) in [7, 11) is 0. The second-order valence-corrected chi connectivity index (χ2v) is 6.85. The molecule has 0 spiro atoms. The molecule has 2 N–H and O–H groups in total. The summed E-state index contributed by atoms with van der Waals surface area (Å²) in [6, 6.07) is 1.88. The molecule has 1 aromatic heterocycles. The Morgan fingerprint density at radius 1 is 1.56 bits per heavy atom. The molecule has 0 aliphatic carbocycles. The molecule has 102 valence electrons. The Morgan fingerprint density at radius 3 is 2.72 bits per heavy atom. The van der Waals surface area contributed by atoms with Gasteiger partial charge in [-0.15, -0.1) is 11.3 Å². The molecule has 1 rings (SSSR count). The summed E-state index contributed by atoms with van der Waals surface area (Å²) in [5, 5.41) is 15.1. The lowest BCUT2D eigenvalue weighted by Crippen LogP contribution is -2.39. The van der Waals surface area contributed by atoms with Gasteiger partial charge in [0.05, 0.1) is 11.1 Å². The van der Waals surface area contributed by atoms with Crippen LogP contribution in [-0.4, -0.2) is 23.7 Å². The van der Waals surface area contributed by atoms with E-state index in [-0.39, 0.29) is 11.3 Å². The quantitative estimate of drug-likeness (QED) is 0.876. The summed E-state index contributed by atoms with van der Waals surface area (Å²) in [6.07, 6.45) is 0.584. The summed E-state index contributed by atoms with van der Waals surface area (Å²) >= 11 is 7.36. The molecule has 0 saturated heterocycles. The van der Waals surface area contributed by atoms with Crippen molar-refractivity contribution in [3.05, 3.63) is 21.3 Å². The normalized spacial score (nSPS) is 13.4. The number of aryl methyl sites for hydroxylation is 1. The molecule has 0 aliphatic rings. The molecular weight excluding hydrogens is 270 g/mol. The standard InChI is InChI=1S/C13H20ClNO2S/c1-13(2,3)11(16)7-15-12(17)5-4-10-6-9(14)8-18-10/h6,8,11,16H,4-5,7H2,1-3H3,(H,15,17). The van der Waals surface area contributed by atoms with Crippen molar-refractivity contribution < 1.29 is 9.90 Å². The third kappa shape index (κ3) is 5.38. The third-order valence-corrected chi connectivity index (χ3v) is 4.06. The number of amides is 1. The van der Waals surface area contributed by atoms with Crippen molar-refractivity contribution in [2.75, 3.05) is 6.54 Å². The summed E-state index contributed by atoms with van der Waals surface area (Å²) in [6.45, 7) is 6.12. The fraction of sp³-hybridized carbons (Fsp3) is 0.615. The molecule has 1 atom stereocenters. The van der Waals surface area contributed by atoms with Crippen molar-refractivity contribution in [1.82, 2.24) is 5.32 Å². The maximum absolute atomic E-state index is 11.6. The van der Waals surface area contributed by atoms with Crippen LogP contribution < -0.4 is 5.32 Å². The predicted molar refractivity (Wildman–Crippen MR) is 76.1 cm³/mol. The maximum atomic E-state index is 11.6. The Morgan fingerprint density at radius 2 is 2.22 bits per heavy atom. The van der Waals surface area contributed by atoms with Gasteiger partial charge in [-0.1, -0.05) is 32.4 Å². The minimum atomic E-state index is -0.530. The molecule has 1 aromatic rings. The first-order valence-corrected chi connectivity index (χ1v) is 7.22. The van der Waals surface area contributed by atoms with Gasteiger partial charge in [-0.25, -0.2) is 0 Å². The zero-order chi connectivity index (χ0) is 13.8. The van der Waals surface area contributed by atoms with Crippen LogP contribution in [0, 0.1) is 5.41 Å². The average Bonchev–Trinajstić information content (AvgIpc) is 2.67. The van der Waals surface area contributed by atoms with Gasteiger partial charge in [0.15, 0.2) is 0 Å². The van der Waals surface area contributed by atoms with Gasteiger partial charge in [-0.3, -0.25) is 4.79 Å². The van der Waals surface area contributed by atoms with Crippen LogP contribution in [-0.2, 0) is 11.2 Å². The average molecular weight is 290 g/mol. The molecule has 0 aromatic carbocycles. The van der Waals surface area contributed by atoms with Crippen molar-refractivity contribution in [1.29, 1.82) is 0 Å². The third-order valence-electron chi connectivity index (χ3n) is 2.71. The van der Waals surface area contributed by atoms with E-state index in [0.29, 0.717) is 19.4 Å². The molecule has 0 fully saturated rings. The number of nitrogens with one attached hydrogen (secondary N) is 1. The van der Waals surface area contributed by atoms with E-state index in [1.54, 1.807) is 11.3 Å². The van der Waals surface area contributed by atoms with Gasteiger partial charge in [0.25, 0.3) is 0 Å². The predicted octanol–water partition coefficient (Wildman–Crippen LogP) is 2.86. The number of carbonyl (C=O) groups is 1. The summed E-state index contributed by atoms with van der Waals surface area (Å²) in [5.41, 5.74) is -0.214. The first-order chi connectivity index (χ1) is 8.29. The Kier molecular flexibility index (Phi) is 5.63. The van der Waals surface area contributed by atoms with Crippen molar-refractivity contribution in [3.8, 4) is 0 Å². The molecule has 18 heavy (non-hydrogen) atoms. The van der Waals surface area contributed by atoms with Crippen molar-refractivity contribution in [2.24, 2.45) is 5.41 Å². The van der Waals surface area contributed by atoms with E-state index in [4.69, 9.17) is 11.6 Å². The van der Waals surface area contributed by atoms with E-state index >= 15 is 0 Å². The molecular formula is C13H20ClNO2S. The van der Waals surface area contributed by atoms with E-state index in [1.165, 1.54) is 0 Å². The monoisotopic (exact) mass is 289 g/mol. The van der Waals surface area contributed by atoms with Crippen LogP contribution in [0.2, 0.25) is 5.02 Å². The SMILES string of the molecule is CC(C)(C)C(O)CNC(=O)CCc1cc(Cl)cs1. The molecule has 0 bridgehead atoms. The molecule has 1 unspecified atom stereocenters. The number of aliphatic hydroxyl groups excluding tert-OH is 1. The summed E-state index contributed by atoms with van der Waals surface area (Å²) in [5.74, 6) is -0.0391. The highest BCUT2D eigenvalue weighted by Gasteiger charge is 2.22. The van der Waals surface area contributed by atoms with E-state index in [1.807, 2.05) is 32.2 Å². The first kappa shape index (κ1) is 15.5. The second kappa shape index (κ2) is 6.55. The molecule has 1 amide bonds. The highest BCUT2D eigenvalue weighted by molar-refractivity contribution is 7.10. The zero-order valence-corrected chi connectivity index (χ0v) is 12.6. The maximum Gasteiger partial charge on any atom is 0.220 e. The summed E-state index contributed by atoms with van der Waals surface area (Å²) in [4.78, 5) is 12.7. The molecule has 3 nitrogen and oxygen atoms in total. The molecule has 5 heteroatoms. The van der Waals surface area contributed by atoms with Gasteiger partial charge in [0, 0.05) is 23.2 Å². The minimum Gasteiger partial charge on any atom is -0.391 e. The molecule has 0 aliphatic heterocycles. The first-order valence-electron chi connectivity index (χ1n) is 5.96. The van der Waals surface area contributed by atoms with Gasteiger partial charge in [0.2, 0.25) is 5.91 Å². The van der Waals surface area contributed by atoms with Crippen molar-refractivity contribution >= 4 is 28.8 Å². The topological polar surface area (TPSA) is 49.3 Å². The van der Waals surface area contributed by atoms with E-state index < -0.39 is 6.10 Å². The number of rotatable bonds is 5. The van der Waals surface area contributed by atoms with Gasteiger partial charge in [0.1, 0.15) is 0 Å². The minimum absolute atomic E-state index is 0.0391. The Hall–Kier alpha value is -0.580. The van der Waals surface area contributed by atoms with Gasteiger partial charge in [-0.2, -0.15) is 0 Å². The number of hydrogen-bond acceptors (Lipinski definition) is 3. The highest BCUT2D eigenvalue weighted by atomic mass is 35.5. The van der Waals surface area contributed by atoms with Crippen molar-refractivity contribution in [3.63, 3.8) is 0 Å². The van der Waals surface area contributed by atoms with Crippen LogP contribution in [0.1, 0.15) is 32.1 Å². The van der Waals surface area contributed by atoms with Crippen LogP contribution in [0.3, 0.4) is 0 Å². The Bertz CT molecular complexity index is 398. The van der Waals surface area contributed by atoms with Gasteiger partial charge < -0.3 is 10.4 Å². The van der Waals surface area contributed by atoms with Crippen LogP contribution in [0.15, 0.2) is 11.4 Å². The van der Waals surface area contributed by atoms with E-state index in [0.717, 1.165) is 9.90 Å². The highest BCUT2D eigenvalue weighted by Crippen LogP contribution is 2.20. The molecule has 0 radical (unpaired) electrons. The number of thiophene rings is 1. The van der Waals surface area contributed by atoms with Gasteiger partial charge >= 0.3 is 0 Å². The van der Waals surface area contributed by atoms with Crippen LogP contribution >= 0.6 is 22.9 Å². The fourth-order valence-corrected chi connectivity index (χ4v) is 2.40. The Labute approximate surface area is 117 Å². The smallest absolute Gasteiger partial charge is 0.220 e. The fourth-order valence-electron chi connectivity index (χ4n) is 1.33. The Balaban J connectivity index is 2.26. The number of halogens is 1. The van der Waals surface area contributed by atoms with E-state index in [9.17, 15) is 9.90 Å². The number of aliphatic hydroxyl groups is 1. The lowest BCUT2D eigenvalue weighted by Gasteiger charge is -2.25. The van der Waals surface area contributed by atoms with Crippen LogP contribution in [0.25, 0.3) is 0 Å².